The molecule has 0 saturated heterocycles. The van der Waals surface area contributed by atoms with E-state index in [1.54, 1.807) is 6.33 Å². The Kier molecular flexibility index (Phi) is 3.90. The molecule has 4 aliphatic rings. The van der Waals surface area contributed by atoms with Crippen molar-refractivity contribution in [2.75, 3.05) is 0 Å². The molecule has 0 unspecified atom stereocenters. The van der Waals surface area contributed by atoms with Crippen LogP contribution in [0.4, 0.5) is 0 Å². The summed E-state index contributed by atoms with van der Waals surface area (Å²) in [4.78, 5) is 12.8. The summed E-state index contributed by atoms with van der Waals surface area (Å²) in [6, 6.07) is 0. The highest BCUT2D eigenvalue weighted by atomic mass is 32.2. The largest absolute Gasteiger partial charge is 0.350 e. The first-order valence-corrected chi connectivity index (χ1v) is 9.81. The molecule has 0 aliphatic heterocycles. The Labute approximate surface area is 142 Å². The standard InChI is InChI=1S/C17H26N4OS/c1-3-21-10-18-20-16(21)23-11(2)15(22)19-17-7-12-4-13(8-17)6-14(5-12)9-17/h10-14H,3-9H2,1-2H3,(H,19,22)/t11-,12?,13?,14?,17?/m1/s1. The minimum atomic E-state index is -0.127. The van der Waals surface area contributed by atoms with Crippen LogP contribution in [0.15, 0.2) is 11.5 Å². The van der Waals surface area contributed by atoms with E-state index in [1.807, 2.05) is 11.5 Å². The van der Waals surface area contributed by atoms with E-state index in [0.717, 1.165) is 29.5 Å². The number of carbonyl (C=O) groups excluding carboxylic acids is 1. The first-order valence-electron chi connectivity index (χ1n) is 8.93. The number of aromatic nitrogens is 3. The van der Waals surface area contributed by atoms with Gasteiger partial charge in [0.1, 0.15) is 6.33 Å². The molecule has 1 aromatic rings. The first-order chi connectivity index (χ1) is 11.1. The molecular weight excluding hydrogens is 308 g/mol. The molecule has 126 valence electrons. The topological polar surface area (TPSA) is 59.8 Å². The van der Waals surface area contributed by atoms with Crippen molar-refractivity contribution in [1.82, 2.24) is 20.1 Å². The number of hydrogen-bond donors (Lipinski definition) is 1. The van der Waals surface area contributed by atoms with Crippen LogP contribution >= 0.6 is 11.8 Å². The number of rotatable bonds is 5. The van der Waals surface area contributed by atoms with E-state index in [-0.39, 0.29) is 16.7 Å². The van der Waals surface area contributed by atoms with Crippen molar-refractivity contribution in [3.63, 3.8) is 0 Å². The van der Waals surface area contributed by atoms with Crippen LogP contribution in [0.5, 0.6) is 0 Å². The molecule has 5 rings (SSSR count). The third-order valence-electron chi connectivity index (χ3n) is 6.00. The Bertz CT molecular complexity index is 564. The second-order valence-corrected chi connectivity index (χ2v) is 9.15. The molecule has 0 radical (unpaired) electrons. The molecule has 4 bridgehead atoms. The Balaban J connectivity index is 1.41. The van der Waals surface area contributed by atoms with Crippen molar-refractivity contribution in [3.05, 3.63) is 6.33 Å². The second-order valence-electron chi connectivity index (χ2n) is 7.85. The average Bonchev–Trinajstić information content (AvgIpc) is 2.92. The van der Waals surface area contributed by atoms with Gasteiger partial charge < -0.3 is 9.88 Å². The third kappa shape index (κ3) is 2.90. The molecule has 1 heterocycles. The van der Waals surface area contributed by atoms with Gasteiger partial charge in [0.2, 0.25) is 5.91 Å². The molecule has 0 spiro atoms. The van der Waals surface area contributed by atoms with Crippen molar-refractivity contribution in [3.8, 4) is 0 Å². The average molecular weight is 334 g/mol. The SMILES string of the molecule is CCn1cnnc1S[C@H](C)C(=O)NC12CC3CC(CC(C3)C1)C2. The Morgan fingerprint density at radius 2 is 1.96 bits per heavy atom. The third-order valence-corrected chi connectivity index (χ3v) is 7.09. The van der Waals surface area contributed by atoms with Crippen molar-refractivity contribution >= 4 is 17.7 Å². The quantitative estimate of drug-likeness (QED) is 0.841. The zero-order valence-corrected chi connectivity index (χ0v) is 14.8. The number of thioether (sulfide) groups is 1. The van der Waals surface area contributed by atoms with Crippen LogP contribution in [0.3, 0.4) is 0 Å². The van der Waals surface area contributed by atoms with Crippen LogP contribution in [-0.2, 0) is 11.3 Å². The number of nitrogens with one attached hydrogen (secondary N) is 1. The van der Waals surface area contributed by atoms with Crippen LogP contribution in [0.25, 0.3) is 0 Å². The van der Waals surface area contributed by atoms with Crippen LogP contribution in [0, 0.1) is 17.8 Å². The lowest BCUT2D eigenvalue weighted by atomic mass is 9.53. The van der Waals surface area contributed by atoms with E-state index in [2.05, 4.69) is 22.4 Å². The summed E-state index contributed by atoms with van der Waals surface area (Å²) < 4.78 is 1.99. The van der Waals surface area contributed by atoms with E-state index in [1.165, 1.54) is 50.3 Å². The van der Waals surface area contributed by atoms with Crippen LogP contribution < -0.4 is 5.32 Å². The maximum absolute atomic E-state index is 12.8. The summed E-state index contributed by atoms with van der Waals surface area (Å²) in [6.45, 7) is 4.88. The Hall–Kier alpha value is -1.04. The molecule has 0 aromatic carbocycles. The van der Waals surface area contributed by atoms with Crippen molar-refractivity contribution < 1.29 is 4.79 Å². The summed E-state index contributed by atoms with van der Waals surface area (Å²) in [5.74, 6) is 2.73. The highest BCUT2D eigenvalue weighted by Gasteiger charge is 2.51. The maximum Gasteiger partial charge on any atom is 0.233 e. The number of aryl methyl sites for hydroxylation is 1. The fourth-order valence-electron chi connectivity index (χ4n) is 5.39. The predicted octanol–water partition coefficient (Wildman–Crippen LogP) is 2.86. The summed E-state index contributed by atoms with van der Waals surface area (Å²) in [7, 11) is 0. The lowest BCUT2D eigenvalue weighted by molar-refractivity contribution is -0.126. The van der Waals surface area contributed by atoms with Crippen LogP contribution in [-0.4, -0.2) is 31.5 Å². The van der Waals surface area contributed by atoms with Gasteiger partial charge >= 0.3 is 0 Å². The molecule has 1 atom stereocenters. The number of hydrogen-bond acceptors (Lipinski definition) is 4. The highest BCUT2D eigenvalue weighted by molar-refractivity contribution is 8.00. The van der Waals surface area contributed by atoms with E-state index in [9.17, 15) is 4.79 Å². The second kappa shape index (κ2) is 5.80. The van der Waals surface area contributed by atoms with Gasteiger partial charge in [-0.3, -0.25) is 4.79 Å². The van der Waals surface area contributed by atoms with Gasteiger partial charge in [-0.25, -0.2) is 0 Å². The van der Waals surface area contributed by atoms with Gasteiger partial charge in [0.15, 0.2) is 5.16 Å². The predicted molar refractivity (Wildman–Crippen MR) is 90.1 cm³/mol. The van der Waals surface area contributed by atoms with Gasteiger partial charge in [-0.1, -0.05) is 11.8 Å². The molecule has 5 nitrogen and oxygen atoms in total. The molecule has 4 saturated carbocycles. The summed E-state index contributed by atoms with van der Waals surface area (Å²) >= 11 is 1.52. The highest BCUT2D eigenvalue weighted by Crippen LogP contribution is 2.55. The van der Waals surface area contributed by atoms with E-state index < -0.39 is 0 Å². The number of amides is 1. The van der Waals surface area contributed by atoms with E-state index >= 15 is 0 Å². The van der Waals surface area contributed by atoms with E-state index in [0.29, 0.717) is 0 Å². The molecule has 1 amide bonds. The van der Waals surface area contributed by atoms with Gasteiger partial charge in [0.25, 0.3) is 0 Å². The normalized spacial score (nSPS) is 36.2. The van der Waals surface area contributed by atoms with Crippen molar-refractivity contribution in [2.24, 2.45) is 17.8 Å². The zero-order chi connectivity index (χ0) is 16.0. The zero-order valence-electron chi connectivity index (χ0n) is 14.0. The van der Waals surface area contributed by atoms with Crippen LogP contribution in [0.1, 0.15) is 52.4 Å². The lowest BCUT2D eigenvalue weighted by Crippen LogP contribution is -2.60. The first kappa shape index (κ1) is 15.5. The van der Waals surface area contributed by atoms with Gasteiger partial charge in [-0.2, -0.15) is 0 Å². The number of nitrogens with zero attached hydrogens (tertiary/aromatic N) is 3. The monoisotopic (exact) mass is 334 g/mol. The van der Waals surface area contributed by atoms with Gasteiger partial charge in [0.05, 0.1) is 5.25 Å². The van der Waals surface area contributed by atoms with Crippen molar-refractivity contribution in [2.45, 2.75) is 74.9 Å². The van der Waals surface area contributed by atoms with Gasteiger partial charge in [-0.15, -0.1) is 10.2 Å². The maximum atomic E-state index is 12.8. The number of carbonyl (C=O) groups is 1. The van der Waals surface area contributed by atoms with Crippen LogP contribution in [0.2, 0.25) is 0 Å². The smallest absolute Gasteiger partial charge is 0.233 e. The minimum absolute atomic E-state index is 0.0963. The Morgan fingerprint density at radius 3 is 2.52 bits per heavy atom. The fraction of sp³-hybridized carbons (Fsp3) is 0.824. The fourth-order valence-corrected chi connectivity index (χ4v) is 6.28. The van der Waals surface area contributed by atoms with E-state index in [4.69, 9.17) is 0 Å². The summed E-state index contributed by atoms with van der Waals surface area (Å²) in [5.41, 5.74) is 0.0963. The van der Waals surface area contributed by atoms with Crippen molar-refractivity contribution in [1.29, 1.82) is 0 Å². The summed E-state index contributed by atoms with van der Waals surface area (Å²) in [6.07, 6.45) is 9.54. The molecule has 1 aromatic heterocycles. The minimum Gasteiger partial charge on any atom is -0.350 e. The van der Waals surface area contributed by atoms with Gasteiger partial charge in [-0.05, 0) is 70.1 Å². The van der Waals surface area contributed by atoms with Gasteiger partial charge in [0, 0.05) is 12.1 Å². The molecule has 4 fully saturated rings. The molecule has 23 heavy (non-hydrogen) atoms. The molecule has 4 aliphatic carbocycles. The lowest BCUT2D eigenvalue weighted by Gasteiger charge is -2.57. The molecule has 6 heteroatoms. The molecular formula is C17H26N4OS. The summed E-state index contributed by atoms with van der Waals surface area (Å²) in [5, 5.41) is 12.2. The molecule has 1 N–H and O–H groups in total. The Morgan fingerprint density at radius 1 is 1.35 bits per heavy atom.